The molecule has 0 aromatic carbocycles. The number of amides is 2. The first-order chi connectivity index (χ1) is 13.7. The Bertz CT molecular complexity index is 861. The van der Waals surface area contributed by atoms with Crippen LogP contribution in [-0.4, -0.2) is 49.6 Å². The van der Waals surface area contributed by atoms with Gasteiger partial charge in [0.2, 0.25) is 11.8 Å². The lowest BCUT2D eigenvalue weighted by molar-refractivity contribution is -0.121. The van der Waals surface area contributed by atoms with Crippen molar-refractivity contribution in [2.24, 2.45) is 0 Å². The number of carbonyl (C=O) groups is 2. The number of hydrogen-bond acceptors (Lipinski definition) is 6. The van der Waals surface area contributed by atoms with Crippen molar-refractivity contribution < 1.29 is 14.3 Å². The molecule has 2 aliphatic rings. The molecule has 1 saturated carbocycles. The van der Waals surface area contributed by atoms with Crippen LogP contribution in [-0.2, 0) is 24.4 Å². The number of carbonyl (C=O) groups excluding carboxylic acids is 2. The summed E-state index contributed by atoms with van der Waals surface area (Å²) in [6.07, 6.45) is 7.77. The summed E-state index contributed by atoms with van der Waals surface area (Å²) in [6, 6.07) is 2.13. The third-order valence-corrected chi connectivity index (χ3v) is 5.42. The molecule has 1 aliphatic carbocycles. The first-order valence-electron chi connectivity index (χ1n) is 9.62. The Morgan fingerprint density at radius 3 is 2.89 bits per heavy atom. The Hall–Kier alpha value is -2.97. The van der Waals surface area contributed by atoms with Crippen LogP contribution in [0.5, 0.6) is 5.88 Å². The Morgan fingerprint density at radius 1 is 1.36 bits per heavy atom. The lowest BCUT2D eigenvalue weighted by Crippen LogP contribution is -2.33. The summed E-state index contributed by atoms with van der Waals surface area (Å²) >= 11 is 0. The van der Waals surface area contributed by atoms with Gasteiger partial charge in [0.05, 0.1) is 31.5 Å². The van der Waals surface area contributed by atoms with Crippen molar-refractivity contribution >= 4 is 11.8 Å². The SMILES string of the molecule is COc1nc2c(cc1CNC(=O)CCn1cncn1)C(=O)N(C1CCCC1)C2. The number of aromatic nitrogens is 4. The maximum atomic E-state index is 12.8. The summed E-state index contributed by atoms with van der Waals surface area (Å²) in [6.45, 7) is 1.26. The minimum Gasteiger partial charge on any atom is -0.481 e. The van der Waals surface area contributed by atoms with E-state index in [2.05, 4.69) is 20.4 Å². The second-order valence-corrected chi connectivity index (χ2v) is 7.21. The summed E-state index contributed by atoms with van der Waals surface area (Å²) in [5, 5.41) is 6.84. The molecule has 1 N–H and O–H groups in total. The van der Waals surface area contributed by atoms with E-state index in [1.807, 2.05) is 11.0 Å². The average molecular weight is 384 g/mol. The molecule has 2 amide bonds. The predicted molar refractivity (Wildman–Crippen MR) is 99.4 cm³/mol. The zero-order chi connectivity index (χ0) is 19.5. The Kier molecular flexibility index (Phi) is 5.23. The van der Waals surface area contributed by atoms with Crippen LogP contribution < -0.4 is 10.1 Å². The Balaban J connectivity index is 1.42. The lowest BCUT2D eigenvalue weighted by Gasteiger charge is -2.22. The highest BCUT2D eigenvalue weighted by Crippen LogP contribution is 2.33. The third kappa shape index (κ3) is 3.69. The minimum absolute atomic E-state index is 0.0378. The van der Waals surface area contributed by atoms with Crippen molar-refractivity contribution in [1.82, 2.24) is 30.0 Å². The fourth-order valence-corrected chi connectivity index (χ4v) is 3.93. The molecular weight excluding hydrogens is 360 g/mol. The van der Waals surface area contributed by atoms with E-state index in [4.69, 9.17) is 4.74 Å². The number of rotatable bonds is 7. The van der Waals surface area contributed by atoms with Gasteiger partial charge in [0, 0.05) is 24.6 Å². The zero-order valence-electron chi connectivity index (χ0n) is 15.9. The molecule has 4 rings (SSSR count). The van der Waals surface area contributed by atoms with Crippen molar-refractivity contribution in [1.29, 1.82) is 0 Å². The van der Waals surface area contributed by atoms with Crippen LogP contribution in [0.2, 0.25) is 0 Å². The first-order valence-corrected chi connectivity index (χ1v) is 9.62. The fourth-order valence-electron chi connectivity index (χ4n) is 3.93. The smallest absolute Gasteiger partial charge is 0.256 e. The molecule has 0 spiro atoms. The number of fused-ring (bicyclic) bond motifs is 1. The van der Waals surface area contributed by atoms with Gasteiger partial charge in [-0.25, -0.2) is 9.97 Å². The lowest BCUT2D eigenvalue weighted by atomic mass is 10.1. The molecule has 28 heavy (non-hydrogen) atoms. The van der Waals surface area contributed by atoms with Crippen LogP contribution in [0.1, 0.15) is 53.7 Å². The Labute approximate surface area is 163 Å². The van der Waals surface area contributed by atoms with Crippen LogP contribution in [0.3, 0.4) is 0 Å². The second-order valence-electron chi connectivity index (χ2n) is 7.21. The van der Waals surface area contributed by atoms with Gasteiger partial charge in [-0.2, -0.15) is 5.10 Å². The Morgan fingerprint density at radius 2 is 2.18 bits per heavy atom. The molecule has 0 unspecified atom stereocenters. The predicted octanol–water partition coefficient (Wildman–Crippen LogP) is 1.29. The molecule has 9 heteroatoms. The van der Waals surface area contributed by atoms with Gasteiger partial charge in [0.15, 0.2) is 0 Å². The van der Waals surface area contributed by atoms with Gasteiger partial charge < -0.3 is 15.0 Å². The first kappa shape index (κ1) is 18.4. The molecule has 2 aromatic heterocycles. The highest BCUT2D eigenvalue weighted by molar-refractivity contribution is 5.98. The standard InChI is InChI=1S/C19H24N6O3/c1-28-18-13(9-21-17(26)6-7-24-12-20-11-22-24)8-15-16(23-18)10-25(19(15)27)14-4-2-3-5-14/h8,11-12,14H,2-7,9-10H2,1H3,(H,21,26). The number of nitrogens with zero attached hydrogens (tertiary/aromatic N) is 5. The highest BCUT2D eigenvalue weighted by Gasteiger charge is 2.35. The number of aryl methyl sites for hydroxylation is 1. The van der Waals surface area contributed by atoms with E-state index < -0.39 is 0 Å². The van der Waals surface area contributed by atoms with Gasteiger partial charge in [-0.15, -0.1) is 0 Å². The number of hydrogen-bond donors (Lipinski definition) is 1. The van der Waals surface area contributed by atoms with Gasteiger partial charge in [-0.05, 0) is 18.9 Å². The molecule has 2 aromatic rings. The van der Waals surface area contributed by atoms with Gasteiger partial charge in [-0.3, -0.25) is 14.3 Å². The molecule has 0 saturated heterocycles. The summed E-state index contributed by atoms with van der Waals surface area (Å²) < 4.78 is 7.01. The molecule has 148 valence electrons. The maximum Gasteiger partial charge on any atom is 0.256 e. The molecule has 0 bridgehead atoms. The van der Waals surface area contributed by atoms with Gasteiger partial charge >= 0.3 is 0 Å². The molecule has 1 fully saturated rings. The minimum atomic E-state index is -0.114. The molecule has 9 nitrogen and oxygen atoms in total. The number of nitrogens with one attached hydrogen (secondary N) is 1. The van der Waals surface area contributed by atoms with E-state index in [0.717, 1.165) is 18.5 Å². The van der Waals surface area contributed by atoms with Crippen LogP contribution in [0.15, 0.2) is 18.7 Å². The van der Waals surface area contributed by atoms with E-state index in [9.17, 15) is 9.59 Å². The van der Waals surface area contributed by atoms with Gasteiger partial charge in [0.25, 0.3) is 5.91 Å². The van der Waals surface area contributed by atoms with E-state index in [1.54, 1.807) is 18.1 Å². The van der Waals surface area contributed by atoms with Crippen molar-refractivity contribution in [3.05, 3.63) is 35.5 Å². The van der Waals surface area contributed by atoms with Gasteiger partial charge in [-0.1, -0.05) is 12.8 Å². The van der Waals surface area contributed by atoms with Crippen LogP contribution in [0.25, 0.3) is 0 Å². The zero-order valence-corrected chi connectivity index (χ0v) is 15.9. The van der Waals surface area contributed by atoms with Crippen LogP contribution >= 0.6 is 0 Å². The van der Waals surface area contributed by atoms with Crippen molar-refractivity contribution in [2.75, 3.05) is 7.11 Å². The van der Waals surface area contributed by atoms with Crippen LogP contribution in [0.4, 0.5) is 0 Å². The molecule has 3 heterocycles. The normalized spacial score (nSPS) is 16.5. The third-order valence-electron chi connectivity index (χ3n) is 5.42. The van der Waals surface area contributed by atoms with Crippen molar-refractivity contribution in [3.8, 4) is 5.88 Å². The number of ether oxygens (including phenoxy) is 1. The summed E-state index contributed by atoms with van der Waals surface area (Å²) in [4.78, 5) is 35.3. The quantitative estimate of drug-likeness (QED) is 0.772. The molecule has 0 atom stereocenters. The monoisotopic (exact) mass is 384 g/mol. The maximum absolute atomic E-state index is 12.8. The molecular formula is C19H24N6O3. The summed E-state index contributed by atoms with van der Waals surface area (Å²) in [5.41, 5.74) is 2.09. The topological polar surface area (TPSA) is 102 Å². The van der Waals surface area contributed by atoms with Crippen LogP contribution in [0, 0.1) is 0 Å². The van der Waals surface area contributed by atoms with E-state index >= 15 is 0 Å². The van der Waals surface area contributed by atoms with E-state index in [-0.39, 0.29) is 18.4 Å². The average Bonchev–Trinajstić information content (AvgIpc) is 3.46. The van der Waals surface area contributed by atoms with E-state index in [0.29, 0.717) is 42.6 Å². The van der Waals surface area contributed by atoms with Crippen molar-refractivity contribution in [3.63, 3.8) is 0 Å². The summed E-state index contributed by atoms with van der Waals surface area (Å²) in [5.74, 6) is 0.379. The number of methoxy groups -OCH3 is 1. The van der Waals surface area contributed by atoms with Crippen molar-refractivity contribution in [2.45, 2.75) is 57.8 Å². The van der Waals surface area contributed by atoms with E-state index in [1.165, 1.54) is 19.2 Å². The highest BCUT2D eigenvalue weighted by atomic mass is 16.5. The fraction of sp³-hybridized carbons (Fsp3) is 0.526. The second kappa shape index (κ2) is 7.95. The number of pyridine rings is 1. The molecule has 0 radical (unpaired) electrons. The summed E-state index contributed by atoms with van der Waals surface area (Å²) in [7, 11) is 1.55. The largest absolute Gasteiger partial charge is 0.481 e. The van der Waals surface area contributed by atoms with Gasteiger partial charge in [0.1, 0.15) is 12.7 Å². The molecule has 1 aliphatic heterocycles.